The van der Waals surface area contributed by atoms with Crippen LogP contribution in [0.15, 0.2) is 66.7 Å². The number of rotatable bonds is 5. The number of methoxy groups -OCH3 is 5. The molecule has 0 N–H and O–H groups in total. The van der Waals surface area contributed by atoms with Gasteiger partial charge in [0.2, 0.25) is 5.75 Å². The minimum absolute atomic E-state index is 0.516. The quantitative estimate of drug-likeness (QED) is 0.216. The second-order valence-corrected chi connectivity index (χ2v) is 8.59. The first kappa shape index (κ1) is 26.2. The van der Waals surface area contributed by atoms with Crippen molar-refractivity contribution in [3.63, 3.8) is 0 Å². The van der Waals surface area contributed by atoms with E-state index in [0.717, 1.165) is 27.4 Å². The van der Waals surface area contributed by atoms with Crippen LogP contribution in [0.5, 0.6) is 28.7 Å². The molecule has 0 saturated carbocycles. The van der Waals surface area contributed by atoms with Crippen LogP contribution in [0.4, 0.5) is 0 Å². The summed E-state index contributed by atoms with van der Waals surface area (Å²) in [7, 11) is 7.91. The first-order chi connectivity index (χ1) is 19.6. The van der Waals surface area contributed by atoms with Crippen molar-refractivity contribution in [3.05, 3.63) is 89.2 Å². The Hall–Kier alpha value is -5.40. The molecule has 2 heterocycles. The van der Waals surface area contributed by atoms with E-state index in [-0.39, 0.29) is 0 Å². The van der Waals surface area contributed by atoms with Gasteiger partial charge in [-0.3, -0.25) is 0 Å². The van der Waals surface area contributed by atoms with Crippen molar-refractivity contribution in [2.75, 3.05) is 35.5 Å². The molecule has 0 fully saturated rings. The van der Waals surface area contributed by atoms with Gasteiger partial charge in [0.1, 0.15) is 11.4 Å². The van der Waals surface area contributed by atoms with Gasteiger partial charge in [-0.1, -0.05) is 24.0 Å². The van der Waals surface area contributed by atoms with Gasteiger partial charge in [0.25, 0.3) is 0 Å². The molecule has 7 nitrogen and oxygen atoms in total. The lowest BCUT2D eigenvalue weighted by atomic mass is 10.1. The van der Waals surface area contributed by atoms with Crippen LogP contribution >= 0.6 is 0 Å². The maximum absolute atomic E-state index is 5.44. The highest BCUT2D eigenvalue weighted by Gasteiger charge is 2.12. The van der Waals surface area contributed by atoms with Crippen LogP contribution < -0.4 is 23.7 Å². The van der Waals surface area contributed by atoms with Crippen molar-refractivity contribution in [1.82, 2.24) is 9.97 Å². The van der Waals surface area contributed by atoms with E-state index in [2.05, 4.69) is 23.7 Å². The fourth-order valence-corrected chi connectivity index (χ4v) is 4.25. The molecule has 5 aromatic rings. The average Bonchev–Trinajstić information content (AvgIpc) is 3.01. The van der Waals surface area contributed by atoms with E-state index in [1.807, 2.05) is 54.6 Å². The molecule has 7 heteroatoms. The first-order valence-corrected chi connectivity index (χ1v) is 12.3. The molecular formula is C33H26N2O5. The Morgan fingerprint density at radius 1 is 0.450 bits per heavy atom. The highest BCUT2D eigenvalue weighted by atomic mass is 16.5. The summed E-state index contributed by atoms with van der Waals surface area (Å²) in [5.41, 5.74) is 4.25. The molecule has 2 aromatic heterocycles. The predicted molar refractivity (Wildman–Crippen MR) is 155 cm³/mol. The molecule has 0 atom stereocenters. The Labute approximate surface area is 232 Å². The number of nitrogens with zero attached hydrogens (tertiary/aromatic N) is 2. The molecule has 0 aliphatic carbocycles. The van der Waals surface area contributed by atoms with Gasteiger partial charge in [-0.2, -0.15) is 0 Å². The molecule has 198 valence electrons. The van der Waals surface area contributed by atoms with Gasteiger partial charge in [0.05, 0.1) is 46.6 Å². The van der Waals surface area contributed by atoms with Crippen LogP contribution in [0.1, 0.15) is 22.5 Å². The molecule has 0 spiro atoms. The molecule has 0 amide bonds. The van der Waals surface area contributed by atoms with Gasteiger partial charge in [0.15, 0.2) is 23.0 Å². The maximum atomic E-state index is 5.44. The van der Waals surface area contributed by atoms with E-state index in [1.54, 1.807) is 47.7 Å². The van der Waals surface area contributed by atoms with Crippen molar-refractivity contribution < 1.29 is 23.7 Å². The van der Waals surface area contributed by atoms with Gasteiger partial charge in [-0.25, -0.2) is 9.97 Å². The standard InChI is InChI=1S/C33H26N2O5/c1-36-27-17-8-21(18-28(27)37-2)6-13-25-15-11-23-9-10-24-12-16-26(35-32(24)31(23)34-25)14-7-22-19-29(38-3)33(40-5)30(20-22)39-4/h8-12,15-20H,1-5H3. The van der Waals surface area contributed by atoms with Gasteiger partial charge >= 0.3 is 0 Å². The van der Waals surface area contributed by atoms with Gasteiger partial charge in [-0.15, -0.1) is 0 Å². The third-order valence-electron chi connectivity index (χ3n) is 6.24. The number of benzene rings is 3. The van der Waals surface area contributed by atoms with Crippen LogP contribution in [0.2, 0.25) is 0 Å². The summed E-state index contributed by atoms with van der Waals surface area (Å²) >= 11 is 0. The lowest BCUT2D eigenvalue weighted by Gasteiger charge is -2.12. The van der Waals surface area contributed by atoms with Gasteiger partial charge in [-0.05, 0) is 66.4 Å². The minimum atomic E-state index is 0.516. The molecule has 5 rings (SSSR count). The molecule has 0 unspecified atom stereocenters. The lowest BCUT2D eigenvalue weighted by molar-refractivity contribution is 0.324. The van der Waals surface area contributed by atoms with Crippen LogP contribution in [0.25, 0.3) is 21.8 Å². The van der Waals surface area contributed by atoms with Crippen LogP contribution in [0, 0.1) is 23.7 Å². The molecule has 3 aromatic carbocycles. The SMILES string of the molecule is COc1ccc(C#Cc2ccc3ccc4ccc(C#Cc5cc(OC)c(OC)c(OC)c5)nc4c3n2)cc1OC. The monoisotopic (exact) mass is 530 g/mol. The zero-order valence-corrected chi connectivity index (χ0v) is 22.8. The zero-order valence-electron chi connectivity index (χ0n) is 22.8. The Bertz CT molecular complexity index is 1830. The van der Waals surface area contributed by atoms with Gasteiger partial charge < -0.3 is 23.7 Å². The Kier molecular flexibility index (Phi) is 7.57. The molecule has 0 bridgehead atoms. The fourth-order valence-electron chi connectivity index (χ4n) is 4.25. The summed E-state index contributed by atoms with van der Waals surface area (Å²) < 4.78 is 27.0. The van der Waals surface area contributed by atoms with Crippen LogP contribution in [-0.2, 0) is 0 Å². The van der Waals surface area contributed by atoms with Gasteiger partial charge in [0, 0.05) is 21.9 Å². The number of hydrogen-bond acceptors (Lipinski definition) is 7. The van der Waals surface area contributed by atoms with Crippen LogP contribution in [-0.4, -0.2) is 45.5 Å². The Morgan fingerprint density at radius 2 is 0.925 bits per heavy atom. The maximum Gasteiger partial charge on any atom is 0.203 e. The van der Waals surface area contributed by atoms with E-state index >= 15 is 0 Å². The van der Waals surface area contributed by atoms with E-state index < -0.39 is 0 Å². The lowest BCUT2D eigenvalue weighted by Crippen LogP contribution is -1.95. The molecule has 0 aliphatic heterocycles. The Morgan fingerprint density at radius 3 is 1.43 bits per heavy atom. The number of hydrogen-bond donors (Lipinski definition) is 0. The Balaban J connectivity index is 1.53. The zero-order chi connectivity index (χ0) is 28.1. The number of fused-ring (bicyclic) bond motifs is 3. The molecular weight excluding hydrogens is 504 g/mol. The van der Waals surface area contributed by atoms with E-state index in [4.69, 9.17) is 33.7 Å². The summed E-state index contributed by atoms with van der Waals surface area (Å²) in [5.74, 6) is 15.5. The molecule has 0 radical (unpaired) electrons. The summed E-state index contributed by atoms with van der Waals surface area (Å²) in [6, 6.07) is 21.0. The van der Waals surface area contributed by atoms with E-state index in [0.29, 0.717) is 45.7 Å². The summed E-state index contributed by atoms with van der Waals surface area (Å²) in [6.07, 6.45) is 0. The summed E-state index contributed by atoms with van der Waals surface area (Å²) in [4.78, 5) is 9.67. The van der Waals surface area contributed by atoms with Crippen LogP contribution in [0.3, 0.4) is 0 Å². The van der Waals surface area contributed by atoms with Crippen molar-refractivity contribution in [2.24, 2.45) is 0 Å². The second-order valence-electron chi connectivity index (χ2n) is 8.59. The largest absolute Gasteiger partial charge is 0.493 e. The van der Waals surface area contributed by atoms with E-state index in [9.17, 15) is 0 Å². The second kappa shape index (κ2) is 11.6. The van der Waals surface area contributed by atoms with E-state index in [1.165, 1.54) is 0 Å². The predicted octanol–water partition coefficient (Wildman–Crippen LogP) is 5.63. The summed E-state index contributed by atoms with van der Waals surface area (Å²) in [6.45, 7) is 0. The summed E-state index contributed by atoms with van der Waals surface area (Å²) in [5, 5.41) is 1.93. The smallest absolute Gasteiger partial charge is 0.203 e. The van der Waals surface area contributed by atoms with Crippen molar-refractivity contribution in [3.8, 4) is 52.4 Å². The number of ether oxygens (including phenoxy) is 5. The number of aromatic nitrogens is 2. The number of pyridine rings is 2. The minimum Gasteiger partial charge on any atom is -0.493 e. The molecule has 0 saturated heterocycles. The normalized spacial score (nSPS) is 10.2. The average molecular weight is 531 g/mol. The fraction of sp³-hybridized carbons (Fsp3) is 0.152. The molecule has 40 heavy (non-hydrogen) atoms. The van der Waals surface area contributed by atoms with Crippen molar-refractivity contribution >= 4 is 21.8 Å². The first-order valence-electron chi connectivity index (χ1n) is 12.3. The van der Waals surface area contributed by atoms with Crippen molar-refractivity contribution in [2.45, 2.75) is 0 Å². The van der Waals surface area contributed by atoms with Crippen molar-refractivity contribution in [1.29, 1.82) is 0 Å². The highest BCUT2D eigenvalue weighted by Crippen LogP contribution is 2.38. The highest BCUT2D eigenvalue weighted by molar-refractivity contribution is 6.03. The topological polar surface area (TPSA) is 71.9 Å². The third-order valence-corrected chi connectivity index (χ3v) is 6.24. The molecule has 0 aliphatic rings. The third kappa shape index (κ3) is 5.27.